The van der Waals surface area contributed by atoms with E-state index in [0.29, 0.717) is 44.0 Å². The highest BCUT2D eigenvalue weighted by atomic mass is 16.6. The summed E-state index contributed by atoms with van der Waals surface area (Å²) in [6.45, 7) is 6.28. The van der Waals surface area contributed by atoms with Crippen molar-refractivity contribution in [3.8, 4) is 0 Å². The maximum atomic E-state index is 12.3. The molecule has 1 aromatic heterocycles. The summed E-state index contributed by atoms with van der Waals surface area (Å²) in [4.78, 5) is 34.0. The normalized spacial score (nSPS) is 14.9. The van der Waals surface area contributed by atoms with Gasteiger partial charge in [0.1, 0.15) is 11.5 Å². The third-order valence-corrected chi connectivity index (χ3v) is 4.08. The molecule has 1 aromatic rings. The Morgan fingerprint density at radius 3 is 2.60 bits per heavy atom. The summed E-state index contributed by atoms with van der Waals surface area (Å²) in [5, 5.41) is 6.12. The number of hydrogen-bond acceptors (Lipinski definition) is 6. The van der Waals surface area contributed by atoms with Gasteiger partial charge in [-0.2, -0.15) is 0 Å². The van der Waals surface area contributed by atoms with Gasteiger partial charge in [-0.05, 0) is 26.2 Å². The van der Waals surface area contributed by atoms with Gasteiger partial charge in [0.15, 0.2) is 0 Å². The molecular formula is C17H27N5O3. The van der Waals surface area contributed by atoms with E-state index in [0.717, 1.165) is 19.4 Å². The van der Waals surface area contributed by atoms with Crippen LogP contribution in [-0.2, 0) is 4.74 Å². The smallest absolute Gasteiger partial charge is 0.409 e. The molecule has 0 bridgehead atoms. The lowest BCUT2D eigenvalue weighted by atomic mass is 10.1. The number of carbonyl (C=O) groups excluding carboxylic acids is 2. The van der Waals surface area contributed by atoms with Gasteiger partial charge in [-0.15, -0.1) is 0 Å². The average molecular weight is 349 g/mol. The number of carbonyl (C=O) groups is 2. The predicted octanol–water partition coefficient (Wildman–Crippen LogP) is 2.04. The summed E-state index contributed by atoms with van der Waals surface area (Å²) in [6.07, 6.45) is 6.35. The van der Waals surface area contributed by atoms with Crippen LogP contribution in [0.15, 0.2) is 12.4 Å². The van der Waals surface area contributed by atoms with Crippen LogP contribution in [0.3, 0.4) is 0 Å². The molecule has 8 heteroatoms. The van der Waals surface area contributed by atoms with Crippen LogP contribution in [0.4, 0.5) is 10.6 Å². The van der Waals surface area contributed by atoms with E-state index in [1.165, 1.54) is 6.20 Å². The van der Waals surface area contributed by atoms with Crippen molar-refractivity contribution in [2.24, 2.45) is 0 Å². The Morgan fingerprint density at radius 2 is 2.00 bits per heavy atom. The second-order valence-corrected chi connectivity index (χ2v) is 6.00. The molecule has 2 rings (SSSR count). The second kappa shape index (κ2) is 9.80. The van der Waals surface area contributed by atoms with Crippen molar-refractivity contribution >= 4 is 17.8 Å². The van der Waals surface area contributed by atoms with Crippen molar-refractivity contribution in [3.05, 3.63) is 18.1 Å². The topological polar surface area (TPSA) is 96.5 Å². The summed E-state index contributed by atoms with van der Waals surface area (Å²) in [6, 6.07) is 0.0299. The SMILES string of the molecule is CCCCNc1cnc(C(=O)NC2CCN(C(=O)OCC)CC2)cn1. The molecule has 2 heterocycles. The molecule has 25 heavy (non-hydrogen) atoms. The zero-order chi connectivity index (χ0) is 18.1. The van der Waals surface area contributed by atoms with Gasteiger partial charge in [-0.1, -0.05) is 13.3 Å². The minimum atomic E-state index is -0.288. The fourth-order valence-electron chi connectivity index (χ4n) is 2.61. The molecule has 0 spiro atoms. The number of likely N-dealkylation sites (tertiary alicyclic amines) is 1. The lowest BCUT2D eigenvalue weighted by Crippen LogP contribution is -2.46. The van der Waals surface area contributed by atoms with Crippen molar-refractivity contribution in [3.63, 3.8) is 0 Å². The molecule has 0 atom stereocenters. The van der Waals surface area contributed by atoms with Crippen LogP contribution in [0.5, 0.6) is 0 Å². The van der Waals surface area contributed by atoms with Crippen molar-refractivity contribution in [2.75, 3.05) is 31.6 Å². The molecule has 0 aromatic carbocycles. The summed E-state index contributed by atoms with van der Waals surface area (Å²) in [5.41, 5.74) is 0.300. The van der Waals surface area contributed by atoms with Crippen LogP contribution in [-0.4, -0.2) is 59.2 Å². The van der Waals surface area contributed by atoms with Crippen molar-refractivity contribution in [1.29, 1.82) is 0 Å². The third-order valence-electron chi connectivity index (χ3n) is 4.08. The standard InChI is InChI=1S/C17H27N5O3/c1-3-5-8-18-15-12-19-14(11-20-15)16(23)21-13-6-9-22(10-7-13)17(24)25-4-2/h11-13H,3-10H2,1-2H3,(H,18,20)(H,21,23). The number of nitrogens with zero attached hydrogens (tertiary/aromatic N) is 3. The van der Waals surface area contributed by atoms with Gasteiger partial charge in [0.25, 0.3) is 5.91 Å². The van der Waals surface area contributed by atoms with E-state index in [2.05, 4.69) is 27.5 Å². The molecule has 1 aliphatic heterocycles. The zero-order valence-corrected chi connectivity index (χ0v) is 15.0. The molecule has 1 fully saturated rings. The average Bonchev–Trinajstić information content (AvgIpc) is 2.63. The number of anilines is 1. The van der Waals surface area contributed by atoms with Gasteiger partial charge in [-0.25, -0.2) is 14.8 Å². The minimum Gasteiger partial charge on any atom is -0.450 e. The van der Waals surface area contributed by atoms with Crippen LogP contribution in [0.25, 0.3) is 0 Å². The lowest BCUT2D eigenvalue weighted by molar-refractivity contribution is 0.0856. The van der Waals surface area contributed by atoms with Crippen molar-refractivity contribution < 1.29 is 14.3 Å². The van der Waals surface area contributed by atoms with E-state index in [1.54, 1.807) is 18.0 Å². The van der Waals surface area contributed by atoms with Crippen LogP contribution in [0.1, 0.15) is 50.0 Å². The molecular weight excluding hydrogens is 322 g/mol. The molecule has 1 saturated heterocycles. The lowest BCUT2D eigenvalue weighted by Gasteiger charge is -2.31. The van der Waals surface area contributed by atoms with Gasteiger partial charge in [0.2, 0.25) is 0 Å². The monoisotopic (exact) mass is 349 g/mol. The molecule has 2 amide bonds. The van der Waals surface area contributed by atoms with Crippen LogP contribution in [0, 0.1) is 0 Å². The zero-order valence-electron chi connectivity index (χ0n) is 15.0. The van der Waals surface area contributed by atoms with E-state index in [-0.39, 0.29) is 18.0 Å². The number of ether oxygens (including phenoxy) is 1. The molecule has 0 unspecified atom stereocenters. The number of unbranched alkanes of at least 4 members (excludes halogenated alkanes) is 1. The number of hydrogen-bond donors (Lipinski definition) is 2. The molecule has 8 nitrogen and oxygen atoms in total. The number of nitrogens with one attached hydrogen (secondary N) is 2. The Morgan fingerprint density at radius 1 is 1.24 bits per heavy atom. The van der Waals surface area contributed by atoms with Crippen molar-refractivity contribution in [1.82, 2.24) is 20.2 Å². The van der Waals surface area contributed by atoms with E-state index in [4.69, 9.17) is 4.74 Å². The number of aromatic nitrogens is 2. The van der Waals surface area contributed by atoms with Gasteiger partial charge in [0, 0.05) is 25.7 Å². The fraction of sp³-hybridized carbons (Fsp3) is 0.647. The summed E-state index contributed by atoms with van der Waals surface area (Å²) in [7, 11) is 0. The predicted molar refractivity (Wildman–Crippen MR) is 94.5 cm³/mol. The van der Waals surface area contributed by atoms with Gasteiger partial charge >= 0.3 is 6.09 Å². The molecule has 1 aliphatic rings. The summed E-state index contributed by atoms with van der Waals surface area (Å²) < 4.78 is 4.99. The Bertz CT molecular complexity index is 556. The van der Waals surface area contributed by atoms with E-state index in [9.17, 15) is 9.59 Å². The molecule has 0 aliphatic carbocycles. The first-order valence-electron chi connectivity index (χ1n) is 8.92. The van der Waals surface area contributed by atoms with Gasteiger partial charge < -0.3 is 20.3 Å². The van der Waals surface area contributed by atoms with E-state index in [1.807, 2.05) is 0 Å². The maximum absolute atomic E-state index is 12.3. The first-order valence-corrected chi connectivity index (χ1v) is 8.92. The highest BCUT2D eigenvalue weighted by Gasteiger charge is 2.25. The molecule has 0 saturated carbocycles. The quantitative estimate of drug-likeness (QED) is 0.731. The van der Waals surface area contributed by atoms with Crippen LogP contribution >= 0.6 is 0 Å². The Kier molecular flexibility index (Phi) is 7.43. The number of rotatable bonds is 7. The van der Waals surface area contributed by atoms with Crippen LogP contribution < -0.4 is 10.6 Å². The number of amides is 2. The highest BCUT2D eigenvalue weighted by Crippen LogP contribution is 2.12. The third kappa shape index (κ3) is 5.88. The highest BCUT2D eigenvalue weighted by molar-refractivity contribution is 5.92. The Labute approximate surface area is 148 Å². The molecule has 0 radical (unpaired) electrons. The molecule has 138 valence electrons. The van der Waals surface area contributed by atoms with Gasteiger partial charge in [-0.3, -0.25) is 4.79 Å². The summed E-state index contributed by atoms with van der Waals surface area (Å²) in [5.74, 6) is 0.440. The summed E-state index contributed by atoms with van der Waals surface area (Å²) >= 11 is 0. The fourth-order valence-corrected chi connectivity index (χ4v) is 2.61. The first kappa shape index (κ1) is 19.0. The van der Waals surface area contributed by atoms with Crippen LogP contribution in [0.2, 0.25) is 0 Å². The number of piperidine rings is 1. The van der Waals surface area contributed by atoms with E-state index >= 15 is 0 Å². The Hall–Kier alpha value is -2.38. The maximum Gasteiger partial charge on any atom is 0.409 e. The molecule has 2 N–H and O–H groups in total. The first-order chi connectivity index (χ1) is 12.1. The van der Waals surface area contributed by atoms with Crippen molar-refractivity contribution in [2.45, 2.75) is 45.6 Å². The minimum absolute atomic E-state index is 0.0299. The van der Waals surface area contributed by atoms with E-state index < -0.39 is 0 Å². The van der Waals surface area contributed by atoms with Gasteiger partial charge in [0.05, 0.1) is 19.0 Å². The second-order valence-electron chi connectivity index (χ2n) is 6.00. The Balaban J connectivity index is 1.77. The largest absolute Gasteiger partial charge is 0.450 e.